The molecule has 144 valence electrons. The van der Waals surface area contributed by atoms with Crippen molar-refractivity contribution in [3.8, 4) is 0 Å². The molecule has 1 unspecified atom stereocenters. The third-order valence-corrected chi connectivity index (χ3v) is 5.73. The summed E-state index contributed by atoms with van der Waals surface area (Å²) < 4.78 is 14.2. The Bertz CT molecular complexity index is 971. The van der Waals surface area contributed by atoms with Crippen molar-refractivity contribution in [3.05, 3.63) is 70.1 Å². The molecule has 0 radical (unpaired) electrons. The molecule has 0 saturated carbocycles. The first-order valence-corrected chi connectivity index (χ1v) is 10.1. The number of halogens is 2. The highest BCUT2D eigenvalue weighted by molar-refractivity contribution is 9.10. The molecule has 0 spiro atoms. The molecule has 4 nitrogen and oxygen atoms in total. The van der Waals surface area contributed by atoms with Gasteiger partial charge in [0, 0.05) is 17.6 Å². The van der Waals surface area contributed by atoms with Crippen LogP contribution in [0.5, 0.6) is 0 Å². The quantitative estimate of drug-likeness (QED) is 0.651. The molecular formula is C22H20BrFN2O2. The van der Waals surface area contributed by atoms with Gasteiger partial charge in [-0.05, 0) is 54.7 Å². The molecule has 2 heterocycles. The Labute approximate surface area is 171 Å². The first kappa shape index (κ1) is 18.9. The van der Waals surface area contributed by atoms with Crippen molar-refractivity contribution < 1.29 is 14.0 Å². The Morgan fingerprint density at radius 1 is 1.07 bits per heavy atom. The number of carbonyl (C=O) groups excluding carboxylic acids is 2. The van der Waals surface area contributed by atoms with Gasteiger partial charge in [-0.15, -0.1) is 0 Å². The normalized spacial score (nSPS) is 20.3. The zero-order chi connectivity index (χ0) is 19.8. The number of hydrogen-bond acceptors (Lipinski definition) is 3. The molecule has 0 N–H and O–H groups in total. The highest BCUT2D eigenvalue weighted by atomic mass is 79.9. The predicted octanol–water partition coefficient (Wildman–Crippen LogP) is 4.60. The van der Waals surface area contributed by atoms with E-state index < -0.39 is 0 Å². The number of imide groups is 1. The van der Waals surface area contributed by atoms with Crippen LogP contribution in [0.2, 0.25) is 0 Å². The van der Waals surface area contributed by atoms with Gasteiger partial charge < -0.3 is 4.90 Å². The topological polar surface area (TPSA) is 40.6 Å². The van der Waals surface area contributed by atoms with Crippen molar-refractivity contribution >= 4 is 39.0 Å². The number of carbonyl (C=O) groups is 2. The van der Waals surface area contributed by atoms with E-state index in [-0.39, 0.29) is 17.6 Å². The van der Waals surface area contributed by atoms with Crippen LogP contribution in [0.25, 0.3) is 5.57 Å². The van der Waals surface area contributed by atoms with E-state index in [4.69, 9.17) is 0 Å². The largest absolute Gasteiger partial charge is 0.366 e. The SMILES string of the molecule is CC1CCCN(C2=C(c3ccc(F)cc3)C(=O)N(c3cccc(Br)c3)C2=O)C1. The van der Waals surface area contributed by atoms with Crippen molar-refractivity contribution in [2.75, 3.05) is 18.0 Å². The van der Waals surface area contributed by atoms with Crippen LogP contribution in [0.4, 0.5) is 10.1 Å². The van der Waals surface area contributed by atoms with Crippen LogP contribution in [0, 0.1) is 11.7 Å². The molecule has 0 bridgehead atoms. The minimum Gasteiger partial charge on any atom is -0.366 e. The maximum Gasteiger partial charge on any atom is 0.282 e. The Kier molecular flexibility index (Phi) is 5.06. The van der Waals surface area contributed by atoms with Crippen molar-refractivity contribution in [1.82, 2.24) is 4.90 Å². The van der Waals surface area contributed by atoms with E-state index in [1.54, 1.807) is 30.3 Å². The van der Waals surface area contributed by atoms with Crippen molar-refractivity contribution in [3.63, 3.8) is 0 Å². The van der Waals surface area contributed by atoms with Gasteiger partial charge in [0.25, 0.3) is 11.8 Å². The van der Waals surface area contributed by atoms with Gasteiger partial charge in [0.15, 0.2) is 0 Å². The number of benzene rings is 2. The van der Waals surface area contributed by atoms with Gasteiger partial charge >= 0.3 is 0 Å². The Balaban J connectivity index is 1.83. The molecule has 28 heavy (non-hydrogen) atoms. The van der Waals surface area contributed by atoms with E-state index >= 15 is 0 Å². The van der Waals surface area contributed by atoms with Crippen LogP contribution >= 0.6 is 15.9 Å². The molecule has 6 heteroatoms. The van der Waals surface area contributed by atoms with E-state index in [2.05, 4.69) is 22.9 Å². The summed E-state index contributed by atoms with van der Waals surface area (Å²) in [5.74, 6) is -0.629. The number of rotatable bonds is 3. The highest BCUT2D eigenvalue weighted by Crippen LogP contribution is 2.37. The maximum atomic E-state index is 13.4. The van der Waals surface area contributed by atoms with Crippen LogP contribution in [0.15, 0.2) is 58.7 Å². The summed E-state index contributed by atoms with van der Waals surface area (Å²) in [6.07, 6.45) is 2.08. The zero-order valence-electron chi connectivity index (χ0n) is 15.5. The first-order valence-electron chi connectivity index (χ1n) is 9.35. The molecule has 2 amide bonds. The van der Waals surface area contributed by atoms with Gasteiger partial charge in [-0.3, -0.25) is 9.59 Å². The van der Waals surface area contributed by atoms with Gasteiger partial charge in [0.1, 0.15) is 11.5 Å². The van der Waals surface area contributed by atoms with Crippen molar-refractivity contribution in [2.45, 2.75) is 19.8 Å². The molecule has 0 aromatic heterocycles. The smallest absolute Gasteiger partial charge is 0.282 e. The van der Waals surface area contributed by atoms with E-state index in [9.17, 15) is 14.0 Å². The fraction of sp³-hybridized carbons (Fsp3) is 0.273. The number of amides is 2. The fourth-order valence-electron chi connectivity index (χ4n) is 3.93. The second-order valence-electron chi connectivity index (χ2n) is 7.35. The number of anilines is 1. The van der Waals surface area contributed by atoms with Crippen LogP contribution in [0.1, 0.15) is 25.3 Å². The molecule has 1 atom stereocenters. The lowest BCUT2D eigenvalue weighted by Crippen LogP contribution is -2.39. The molecule has 4 rings (SSSR count). The fourth-order valence-corrected chi connectivity index (χ4v) is 4.32. The van der Waals surface area contributed by atoms with E-state index in [0.717, 1.165) is 30.4 Å². The Morgan fingerprint density at radius 2 is 1.82 bits per heavy atom. The number of piperidine rings is 1. The highest BCUT2D eigenvalue weighted by Gasteiger charge is 2.43. The van der Waals surface area contributed by atoms with Gasteiger partial charge in [0.05, 0.1) is 11.3 Å². The standard InChI is InChI=1S/C22H20BrFN2O2/c1-14-4-3-11-25(13-14)20-19(15-7-9-17(24)10-8-15)21(27)26(22(20)28)18-6-2-5-16(23)12-18/h2,5-10,12,14H,3-4,11,13H2,1H3. The molecule has 2 aromatic carbocycles. The second-order valence-corrected chi connectivity index (χ2v) is 8.27. The van der Waals surface area contributed by atoms with Crippen LogP contribution in [0.3, 0.4) is 0 Å². The molecule has 1 saturated heterocycles. The minimum atomic E-state index is -0.377. The predicted molar refractivity (Wildman–Crippen MR) is 110 cm³/mol. The summed E-state index contributed by atoms with van der Waals surface area (Å²) in [5.41, 5.74) is 1.84. The summed E-state index contributed by atoms with van der Waals surface area (Å²) in [7, 11) is 0. The summed E-state index contributed by atoms with van der Waals surface area (Å²) in [5, 5.41) is 0. The van der Waals surface area contributed by atoms with E-state index in [1.165, 1.54) is 17.0 Å². The molecule has 2 aliphatic heterocycles. The van der Waals surface area contributed by atoms with Gasteiger partial charge in [-0.2, -0.15) is 0 Å². The van der Waals surface area contributed by atoms with Crippen molar-refractivity contribution in [2.24, 2.45) is 5.92 Å². The van der Waals surface area contributed by atoms with E-state index in [1.807, 2.05) is 11.0 Å². The van der Waals surface area contributed by atoms with Gasteiger partial charge in [0.2, 0.25) is 0 Å². The third-order valence-electron chi connectivity index (χ3n) is 5.23. The molecular weight excluding hydrogens is 423 g/mol. The number of hydrogen-bond donors (Lipinski definition) is 0. The second kappa shape index (κ2) is 7.51. The number of likely N-dealkylation sites (tertiary alicyclic amines) is 1. The van der Waals surface area contributed by atoms with Gasteiger partial charge in [-0.25, -0.2) is 9.29 Å². The summed E-state index contributed by atoms with van der Waals surface area (Å²) in [4.78, 5) is 30.0. The van der Waals surface area contributed by atoms with E-state index in [0.29, 0.717) is 28.4 Å². The molecule has 1 fully saturated rings. The lowest BCUT2D eigenvalue weighted by molar-refractivity contribution is -0.120. The monoisotopic (exact) mass is 442 g/mol. The summed E-state index contributed by atoms with van der Waals surface area (Å²) in [6.45, 7) is 3.61. The minimum absolute atomic E-state index is 0.323. The first-order chi connectivity index (χ1) is 13.5. The van der Waals surface area contributed by atoms with Crippen molar-refractivity contribution in [1.29, 1.82) is 0 Å². The van der Waals surface area contributed by atoms with Crippen LogP contribution < -0.4 is 4.90 Å². The van der Waals surface area contributed by atoms with Crippen LogP contribution in [-0.4, -0.2) is 29.8 Å². The lowest BCUT2D eigenvalue weighted by Gasteiger charge is -2.33. The number of nitrogens with zero attached hydrogens (tertiary/aromatic N) is 2. The molecule has 0 aliphatic carbocycles. The Hall–Kier alpha value is -2.47. The average molecular weight is 443 g/mol. The summed E-state index contributed by atoms with van der Waals surface area (Å²) in [6, 6.07) is 12.9. The van der Waals surface area contributed by atoms with Crippen LogP contribution in [-0.2, 0) is 9.59 Å². The average Bonchev–Trinajstić information content (AvgIpc) is 2.93. The third kappa shape index (κ3) is 3.37. The maximum absolute atomic E-state index is 13.4. The van der Waals surface area contributed by atoms with Gasteiger partial charge in [-0.1, -0.05) is 41.1 Å². The summed E-state index contributed by atoms with van der Waals surface area (Å²) >= 11 is 3.40. The zero-order valence-corrected chi connectivity index (χ0v) is 17.1. The Morgan fingerprint density at radius 3 is 2.50 bits per heavy atom. The lowest BCUT2D eigenvalue weighted by atomic mass is 9.98. The molecule has 2 aromatic rings. The molecule has 2 aliphatic rings.